The quantitative estimate of drug-likeness (QED) is 0.507. The van der Waals surface area contributed by atoms with Gasteiger partial charge in [0.15, 0.2) is 0 Å². The van der Waals surface area contributed by atoms with Gasteiger partial charge in [-0.2, -0.15) is 0 Å². The fourth-order valence-corrected chi connectivity index (χ4v) is 3.84. The topological polar surface area (TPSA) is 55.1 Å². The summed E-state index contributed by atoms with van der Waals surface area (Å²) in [5.41, 5.74) is 6.06. The van der Waals surface area contributed by atoms with Gasteiger partial charge in [0.05, 0.1) is 16.1 Å². The molecule has 0 atom stereocenters. The van der Waals surface area contributed by atoms with Gasteiger partial charge in [0.1, 0.15) is 0 Å². The first kappa shape index (κ1) is 17.1. The van der Waals surface area contributed by atoms with Crippen LogP contribution in [0.4, 0.5) is 0 Å². The minimum absolute atomic E-state index is 0.108. The summed E-state index contributed by atoms with van der Waals surface area (Å²) >= 11 is 10.8. The normalized spacial score (nSPS) is 25.4. The molecule has 0 spiro atoms. The lowest BCUT2D eigenvalue weighted by molar-refractivity contribution is 0.0899. The zero-order chi connectivity index (χ0) is 15.6. The summed E-state index contributed by atoms with van der Waals surface area (Å²) in [7, 11) is 0. The van der Waals surface area contributed by atoms with Crippen LogP contribution in [0.15, 0.2) is 22.7 Å². The largest absolute Gasteiger partial charge is 0.391 e. The van der Waals surface area contributed by atoms with Crippen molar-refractivity contribution in [3.05, 3.63) is 31.8 Å². The van der Waals surface area contributed by atoms with E-state index in [0.717, 1.165) is 33.7 Å². The Balaban J connectivity index is 2.23. The van der Waals surface area contributed by atoms with E-state index in [0.29, 0.717) is 16.5 Å². The first-order chi connectivity index (χ1) is 9.84. The van der Waals surface area contributed by atoms with Crippen molar-refractivity contribution < 1.29 is 4.79 Å². The van der Waals surface area contributed by atoms with Gasteiger partial charge in [0.2, 0.25) is 0 Å². The second kappa shape index (κ2) is 6.91. The maximum Gasteiger partial charge on any atom is 0.253 e. The number of amides is 1. The van der Waals surface area contributed by atoms with Crippen LogP contribution in [0.25, 0.3) is 0 Å². The molecule has 0 bridgehead atoms. The van der Waals surface area contributed by atoms with Crippen LogP contribution in [-0.2, 0) is 0 Å². The number of nitrogens with one attached hydrogen (secondary N) is 1. The van der Waals surface area contributed by atoms with Crippen molar-refractivity contribution >= 4 is 61.6 Å². The van der Waals surface area contributed by atoms with E-state index in [9.17, 15) is 4.79 Å². The minimum atomic E-state index is -0.537. The third-order valence-corrected chi connectivity index (χ3v) is 5.95. The van der Waals surface area contributed by atoms with Crippen molar-refractivity contribution in [2.45, 2.75) is 38.1 Å². The van der Waals surface area contributed by atoms with Gasteiger partial charge in [-0.3, -0.25) is 4.79 Å². The van der Waals surface area contributed by atoms with Gasteiger partial charge in [-0.05, 0) is 72.4 Å². The highest BCUT2D eigenvalue weighted by atomic mass is 127. The van der Waals surface area contributed by atoms with Gasteiger partial charge in [0, 0.05) is 8.04 Å². The molecule has 21 heavy (non-hydrogen) atoms. The molecule has 0 saturated heterocycles. The molecule has 2 rings (SSSR count). The molecule has 1 saturated carbocycles. The number of carbonyl (C=O) groups is 1. The van der Waals surface area contributed by atoms with Gasteiger partial charge < -0.3 is 11.1 Å². The van der Waals surface area contributed by atoms with Crippen LogP contribution in [0.2, 0.25) is 0 Å². The molecule has 1 aliphatic carbocycles. The van der Waals surface area contributed by atoms with E-state index in [1.807, 2.05) is 18.2 Å². The summed E-state index contributed by atoms with van der Waals surface area (Å²) in [5, 5.41) is 3.11. The monoisotopic (exact) mass is 480 g/mol. The van der Waals surface area contributed by atoms with Crippen molar-refractivity contribution in [2.75, 3.05) is 0 Å². The molecule has 0 heterocycles. The van der Waals surface area contributed by atoms with E-state index in [1.54, 1.807) is 0 Å². The number of benzene rings is 1. The van der Waals surface area contributed by atoms with Crippen LogP contribution in [0.5, 0.6) is 0 Å². The molecule has 114 valence electrons. The van der Waals surface area contributed by atoms with Crippen LogP contribution in [0.3, 0.4) is 0 Å². The summed E-state index contributed by atoms with van der Waals surface area (Å²) in [6.45, 7) is 2.22. The Bertz CT molecular complexity index is 571. The van der Waals surface area contributed by atoms with E-state index in [2.05, 4.69) is 50.8 Å². The number of thiocarbonyl (C=S) groups is 1. The van der Waals surface area contributed by atoms with Gasteiger partial charge in [-0.25, -0.2) is 0 Å². The molecule has 1 aliphatic rings. The molecule has 1 fully saturated rings. The van der Waals surface area contributed by atoms with Crippen molar-refractivity contribution in [3.63, 3.8) is 0 Å². The lowest BCUT2D eigenvalue weighted by Gasteiger charge is -2.39. The summed E-state index contributed by atoms with van der Waals surface area (Å²) in [5.74, 6) is 0.554. The van der Waals surface area contributed by atoms with Crippen LogP contribution in [0.1, 0.15) is 43.0 Å². The third-order valence-electron chi connectivity index (χ3n) is 4.13. The molecule has 1 amide bonds. The first-order valence-corrected chi connectivity index (χ1v) is 9.19. The summed E-state index contributed by atoms with van der Waals surface area (Å²) < 4.78 is 1.80. The zero-order valence-corrected chi connectivity index (χ0v) is 16.3. The molecule has 6 heteroatoms. The molecular weight excluding hydrogens is 463 g/mol. The standard InChI is InChI=1S/C15H18BrIN2OS/c1-9-4-6-15(7-5-9,14(18)21)19-13(20)11-8-10(16)2-3-12(11)17/h2-3,8-9H,4-7H2,1H3,(H2,18,21)(H,19,20). The molecule has 1 aromatic carbocycles. The van der Waals surface area contributed by atoms with Crippen molar-refractivity contribution in [1.82, 2.24) is 5.32 Å². The van der Waals surface area contributed by atoms with Gasteiger partial charge in [-0.1, -0.05) is 35.1 Å². The van der Waals surface area contributed by atoms with Crippen LogP contribution in [-0.4, -0.2) is 16.4 Å². The number of rotatable bonds is 3. The predicted octanol–water partition coefficient (Wildman–Crippen LogP) is 4.02. The highest BCUT2D eigenvalue weighted by molar-refractivity contribution is 14.1. The van der Waals surface area contributed by atoms with E-state index in [1.165, 1.54) is 0 Å². The fraction of sp³-hybridized carbons (Fsp3) is 0.467. The Labute approximate surface area is 152 Å². The van der Waals surface area contributed by atoms with E-state index in [4.69, 9.17) is 18.0 Å². The SMILES string of the molecule is CC1CCC(NC(=O)c2cc(Br)ccc2I)(C(N)=S)CC1. The predicted molar refractivity (Wildman–Crippen MR) is 101 cm³/mol. The Morgan fingerprint density at radius 1 is 1.48 bits per heavy atom. The zero-order valence-electron chi connectivity index (χ0n) is 11.8. The number of nitrogens with two attached hydrogens (primary N) is 1. The second-order valence-corrected chi connectivity index (χ2v) is 8.22. The first-order valence-electron chi connectivity index (χ1n) is 6.91. The summed E-state index contributed by atoms with van der Waals surface area (Å²) in [4.78, 5) is 13.0. The molecule has 0 unspecified atom stereocenters. The Hall–Kier alpha value is -0.210. The van der Waals surface area contributed by atoms with Crippen molar-refractivity contribution in [2.24, 2.45) is 11.7 Å². The van der Waals surface area contributed by atoms with Crippen LogP contribution < -0.4 is 11.1 Å². The molecule has 0 radical (unpaired) electrons. The highest BCUT2D eigenvalue weighted by Crippen LogP contribution is 2.33. The number of hydrogen-bond donors (Lipinski definition) is 2. The van der Waals surface area contributed by atoms with Crippen molar-refractivity contribution in [1.29, 1.82) is 0 Å². The fourth-order valence-electron chi connectivity index (χ4n) is 2.64. The summed E-state index contributed by atoms with van der Waals surface area (Å²) in [6, 6.07) is 5.66. The van der Waals surface area contributed by atoms with Gasteiger partial charge >= 0.3 is 0 Å². The average Bonchev–Trinajstić information content (AvgIpc) is 2.44. The Kier molecular flexibility index (Phi) is 5.65. The molecular formula is C15H18BrIN2OS. The van der Waals surface area contributed by atoms with Gasteiger partial charge in [-0.15, -0.1) is 0 Å². The lowest BCUT2D eigenvalue weighted by atomic mass is 9.77. The van der Waals surface area contributed by atoms with E-state index >= 15 is 0 Å². The average molecular weight is 481 g/mol. The maximum atomic E-state index is 12.6. The maximum absolute atomic E-state index is 12.6. The lowest BCUT2D eigenvalue weighted by Crippen LogP contribution is -2.58. The van der Waals surface area contributed by atoms with E-state index in [-0.39, 0.29) is 5.91 Å². The van der Waals surface area contributed by atoms with E-state index < -0.39 is 5.54 Å². The number of halogens is 2. The minimum Gasteiger partial charge on any atom is -0.391 e. The Morgan fingerprint density at radius 2 is 2.10 bits per heavy atom. The number of carbonyl (C=O) groups excluding carboxylic acids is 1. The van der Waals surface area contributed by atoms with Crippen molar-refractivity contribution in [3.8, 4) is 0 Å². The smallest absolute Gasteiger partial charge is 0.253 e. The number of hydrogen-bond acceptors (Lipinski definition) is 2. The summed E-state index contributed by atoms with van der Waals surface area (Å²) in [6.07, 6.45) is 3.71. The second-order valence-electron chi connectivity index (χ2n) is 5.71. The Morgan fingerprint density at radius 3 is 2.67 bits per heavy atom. The highest BCUT2D eigenvalue weighted by Gasteiger charge is 2.38. The van der Waals surface area contributed by atoms with Crippen LogP contribution in [0, 0.1) is 9.49 Å². The molecule has 0 aliphatic heterocycles. The van der Waals surface area contributed by atoms with Gasteiger partial charge in [0.25, 0.3) is 5.91 Å². The molecule has 0 aromatic heterocycles. The molecule has 3 nitrogen and oxygen atoms in total. The third kappa shape index (κ3) is 3.96. The molecule has 3 N–H and O–H groups in total. The van der Waals surface area contributed by atoms with Crippen LogP contribution >= 0.6 is 50.7 Å². The molecule has 1 aromatic rings.